The summed E-state index contributed by atoms with van der Waals surface area (Å²) in [6.07, 6.45) is 3.81. The summed E-state index contributed by atoms with van der Waals surface area (Å²) in [6.45, 7) is 0.732. The molecule has 100 valence electrons. The molecule has 0 radical (unpaired) electrons. The summed E-state index contributed by atoms with van der Waals surface area (Å²) in [6, 6.07) is 16.1. The van der Waals surface area contributed by atoms with E-state index >= 15 is 0 Å². The number of imidazole rings is 1. The Hall–Kier alpha value is -2.07. The number of halogens is 1. The first kappa shape index (κ1) is 12.9. The first-order valence-electron chi connectivity index (χ1n) is 6.35. The molecule has 1 aromatic heterocycles. The van der Waals surface area contributed by atoms with Gasteiger partial charge in [-0.05, 0) is 27.6 Å². The van der Waals surface area contributed by atoms with Crippen LogP contribution in [0.5, 0.6) is 0 Å². The second kappa shape index (κ2) is 5.51. The molecular formula is C16H14BrN3. The Balaban J connectivity index is 1.97. The van der Waals surface area contributed by atoms with E-state index in [1.54, 1.807) is 0 Å². The minimum atomic E-state index is 0.732. The van der Waals surface area contributed by atoms with Gasteiger partial charge in [0.05, 0.1) is 6.54 Å². The van der Waals surface area contributed by atoms with Gasteiger partial charge in [-0.1, -0.05) is 42.5 Å². The minimum Gasteiger partial charge on any atom is -0.398 e. The molecule has 0 aliphatic rings. The van der Waals surface area contributed by atoms with Crippen molar-refractivity contribution in [2.45, 2.75) is 6.54 Å². The van der Waals surface area contributed by atoms with Gasteiger partial charge in [-0.25, -0.2) is 4.98 Å². The lowest BCUT2D eigenvalue weighted by Crippen LogP contribution is -2.03. The standard InChI is InChI=1S/C16H14BrN3/c17-15-13(7-4-8-14(15)18)11-20-10-9-19-16(20)12-5-2-1-3-6-12/h1-10H,11,18H2. The maximum Gasteiger partial charge on any atom is 0.140 e. The van der Waals surface area contributed by atoms with Gasteiger partial charge in [0.25, 0.3) is 0 Å². The highest BCUT2D eigenvalue weighted by Crippen LogP contribution is 2.26. The molecule has 0 aliphatic carbocycles. The Morgan fingerprint density at radius 1 is 1.05 bits per heavy atom. The van der Waals surface area contributed by atoms with E-state index in [-0.39, 0.29) is 0 Å². The van der Waals surface area contributed by atoms with E-state index in [2.05, 4.69) is 43.7 Å². The maximum absolute atomic E-state index is 5.93. The van der Waals surface area contributed by atoms with Gasteiger partial charge in [-0.3, -0.25) is 0 Å². The first-order valence-corrected chi connectivity index (χ1v) is 7.14. The quantitative estimate of drug-likeness (QED) is 0.740. The maximum atomic E-state index is 5.93. The van der Waals surface area contributed by atoms with Gasteiger partial charge >= 0.3 is 0 Å². The molecule has 4 heteroatoms. The van der Waals surface area contributed by atoms with E-state index < -0.39 is 0 Å². The van der Waals surface area contributed by atoms with Crippen LogP contribution in [0.3, 0.4) is 0 Å². The van der Waals surface area contributed by atoms with Crippen molar-refractivity contribution < 1.29 is 0 Å². The SMILES string of the molecule is Nc1cccc(Cn2ccnc2-c2ccccc2)c1Br. The summed E-state index contributed by atoms with van der Waals surface area (Å²) in [5, 5.41) is 0. The lowest BCUT2D eigenvalue weighted by Gasteiger charge is -2.11. The van der Waals surface area contributed by atoms with Crippen LogP contribution in [-0.2, 0) is 6.54 Å². The summed E-state index contributed by atoms with van der Waals surface area (Å²) in [5.74, 6) is 0.958. The van der Waals surface area contributed by atoms with Crippen LogP contribution in [0.4, 0.5) is 5.69 Å². The van der Waals surface area contributed by atoms with E-state index in [4.69, 9.17) is 5.73 Å². The van der Waals surface area contributed by atoms with E-state index in [0.717, 1.165) is 33.7 Å². The van der Waals surface area contributed by atoms with Crippen LogP contribution >= 0.6 is 15.9 Å². The normalized spacial score (nSPS) is 10.7. The van der Waals surface area contributed by atoms with Gasteiger partial charge in [0, 0.05) is 28.1 Å². The van der Waals surface area contributed by atoms with Gasteiger partial charge in [-0.2, -0.15) is 0 Å². The summed E-state index contributed by atoms with van der Waals surface area (Å²) >= 11 is 3.55. The van der Waals surface area contributed by atoms with Crippen LogP contribution in [0.15, 0.2) is 65.4 Å². The second-order valence-corrected chi connectivity index (χ2v) is 5.36. The fourth-order valence-corrected chi connectivity index (χ4v) is 2.58. The molecule has 0 fully saturated rings. The molecule has 3 nitrogen and oxygen atoms in total. The number of nitrogens with two attached hydrogens (primary N) is 1. The minimum absolute atomic E-state index is 0.732. The first-order chi connectivity index (χ1) is 9.75. The predicted octanol–water partition coefficient (Wildman–Crippen LogP) is 3.94. The van der Waals surface area contributed by atoms with Crippen LogP contribution in [0, 0.1) is 0 Å². The van der Waals surface area contributed by atoms with Crippen LogP contribution in [-0.4, -0.2) is 9.55 Å². The Kier molecular flexibility index (Phi) is 3.56. The summed E-state index contributed by atoms with van der Waals surface area (Å²) in [4.78, 5) is 4.45. The van der Waals surface area contributed by atoms with Crippen LogP contribution in [0.2, 0.25) is 0 Å². The third kappa shape index (κ3) is 2.47. The third-order valence-electron chi connectivity index (χ3n) is 3.20. The number of rotatable bonds is 3. The molecule has 0 spiro atoms. The van der Waals surface area contributed by atoms with E-state index in [9.17, 15) is 0 Å². The summed E-state index contributed by atoms with van der Waals surface area (Å²) in [7, 11) is 0. The highest BCUT2D eigenvalue weighted by molar-refractivity contribution is 9.10. The van der Waals surface area contributed by atoms with E-state index in [1.165, 1.54) is 0 Å². The number of aromatic nitrogens is 2. The average molecular weight is 328 g/mol. The summed E-state index contributed by atoms with van der Waals surface area (Å²) < 4.78 is 3.07. The van der Waals surface area contributed by atoms with Crippen molar-refractivity contribution in [3.63, 3.8) is 0 Å². The molecule has 0 aliphatic heterocycles. The lowest BCUT2D eigenvalue weighted by molar-refractivity contribution is 0.804. The van der Waals surface area contributed by atoms with Gasteiger partial charge in [0.2, 0.25) is 0 Å². The van der Waals surface area contributed by atoms with E-state index in [0.29, 0.717) is 0 Å². The number of anilines is 1. The second-order valence-electron chi connectivity index (χ2n) is 4.57. The van der Waals surface area contributed by atoms with Gasteiger partial charge in [0.15, 0.2) is 0 Å². The molecule has 0 saturated carbocycles. The lowest BCUT2D eigenvalue weighted by atomic mass is 10.2. The molecule has 3 aromatic rings. The zero-order valence-electron chi connectivity index (χ0n) is 10.8. The molecule has 2 aromatic carbocycles. The third-order valence-corrected chi connectivity index (χ3v) is 4.16. The molecule has 0 atom stereocenters. The van der Waals surface area contributed by atoms with Gasteiger partial charge in [0.1, 0.15) is 5.82 Å². The average Bonchev–Trinajstić information content (AvgIpc) is 2.93. The van der Waals surface area contributed by atoms with Crippen molar-refractivity contribution in [3.05, 3.63) is 71.0 Å². The number of benzene rings is 2. The smallest absolute Gasteiger partial charge is 0.140 e. The Morgan fingerprint density at radius 3 is 2.65 bits per heavy atom. The van der Waals surface area contributed by atoms with Crippen molar-refractivity contribution in [2.75, 3.05) is 5.73 Å². The van der Waals surface area contributed by atoms with Crippen molar-refractivity contribution in [1.29, 1.82) is 0 Å². The fourth-order valence-electron chi connectivity index (χ4n) is 2.19. The molecule has 20 heavy (non-hydrogen) atoms. The van der Waals surface area contributed by atoms with Crippen molar-refractivity contribution >= 4 is 21.6 Å². The number of hydrogen-bond acceptors (Lipinski definition) is 2. The van der Waals surface area contributed by atoms with Crippen LogP contribution in [0.1, 0.15) is 5.56 Å². The van der Waals surface area contributed by atoms with Gasteiger partial charge in [-0.15, -0.1) is 0 Å². The van der Waals surface area contributed by atoms with Crippen LogP contribution in [0.25, 0.3) is 11.4 Å². The number of nitrogens with zero attached hydrogens (tertiary/aromatic N) is 2. The largest absolute Gasteiger partial charge is 0.398 e. The highest BCUT2D eigenvalue weighted by atomic mass is 79.9. The fraction of sp³-hybridized carbons (Fsp3) is 0.0625. The van der Waals surface area contributed by atoms with Gasteiger partial charge < -0.3 is 10.3 Å². The molecule has 1 heterocycles. The Bertz CT molecular complexity index is 720. The zero-order chi connectivity index (χ0) is 13.9. The Labute approximate surface area is 126 Å². The molecular weight excluding hydrogens is 314 g/mol. The monoisotopic (exact) mass is 327 g/mol. The van der Waals surface area contributed by atoms with E-state index in [1.807, 2.05) is 42.7 Å². The van der Waals surface area contributed by atoms with Crippen molar-refractivity contribution in [1.82, 2.24) is 9.55 Å². The highest BCUT2D eigenvalue weighted by Gasteiger charge is 2.08. The zero-order valence-corrected chi connectivity index (χ0v) is 12.4. The van der Waals surface area contributed by atoms with Crippen molar-refractivity contribution in [3.8, 4) is 11.4 Å². The topological polar surface area (TPSA) is 43.8 Å². The number of nitrogen functional groups attached to an aromatic ring is 1. The molecule has 0 saturated heterocycles. The predicted molar refractivity (Wildman–Crippen MR) is 85.3 cm³/mol. The molecule has 0 amide bonds. The van der Waals surface area contributed by atoms with Crippen LogP contribution < -0.4 is 5.73 Å². The van der Waals surface area contributed by atoms with Crippen molar-refractivity contribution in [2.24, 2.45) is 0 Å². The number of hydrogen-bond donors (Lipinski definition) is 1. The molecule has 3 rings (SSSR count). The Morgan fingerprint density at radius 2 is 1.85 bits per heavy atom. The molecule has 0 bridgehead atoms. The molecule has 0 unspecified atom stereocenters. The summed E-state index contributed by atoms with van der Waals surface area (Å²) in [5.41, 5.74) is 8.93. The molecule has 2 N–H and O–H groups in total.